The highest BCUT2D eigenvalue weighted by Gasteiger charge is 2.30. The maximum absolute atomic E-state index is 13.3. The van der Waals surface area contributed by atoms with Gasteiger partial charge in [-0.05, 0) is 42.5 Å². The molecule has 0 atom stereocenters. The number of benzene rings is 1. The van der Waals surface area contributed by atoms with E-state index in [9.17, 15) is 4.39 Å². The molecule has 0 unspecified atom stereocenters. The molecule has 1 saturated carbocycles. The lowest BCUT2D eigenvalue weighted by molar-refractivity contribution is 0.0734. The summed E-state index contributed by atoms with van der Waals surface area (Å²) in [5, 5.41) is 9.11. The molecule has 0 bridgehead atoms. The Morgan fingerprint density at radius 1 is 1.38 bits per heavy atom. The van der Waals surface area contributed by atoms with Crippen LogP contribution in [0.4, 0.5) is 4.39 Å². The molecule has 1 fully saturated rings. The van der Waals surface area contributed by atoms with Crippen molar-refractivity contribution in [2.75, 3.05) is 0 Å². The zero-order valence-corrected chi connectivity index (χ0v) is 8.59. The Labute approximate surface area is 84.7 Å². The minimum absolute atomic E-state index is 0.167. The fraction of sp³-hybridized carbons (Fsp3) is 0.400. The summed E-state index contributed by atoms with van der Waals surface area (Å²) in [4.78, 5) is 0. The monoisotopic (exact) mass is 244 g/mol. The van der Waals surface area contributed by atoms with Crippen molar-refractivity contribution in [1.82, 2.24) is 0 Å². The quantitative estimate of drug-likeness (QED) is 0.806. The number of hydrogen-bond acceptors (Lipinski definition) is 1. The van der Waals surface area contributed by atoms with Crippen LogP contribution >= 0.6 is 15.9 Å². The molecule has 1 nitrogen and oxygen atoms in total. The molecule has 0 saturated heterocycles. The average Bonchev–Trinajstić information content (AvgIpc) is 2.04. The molecule has 70 valence electrons. The molecule has 1 aromatic carbocycles. The topological polar surface area (TPSA) is 20.2 Å². The van der Waals surface area contributed by atoms with Crippen molar-refractivity contribution in [2.24, 2.45) is 0 Å². The molecular weight excluding hydrogens is 235 g/mol. The predicted molar refractivity (Wildman–Crippen MR) is 52.1 cm³/mol. The van der Waals surface area contributed by atoms with Gasteiger partial charge in [-0.2, -0.15) is 0 Å². The molecule has 0 heterocycles. The van der Waals surface area contributed by atoms with Gasteiger partial charge in [0.2, 0.25) is 0 Å². The van der Waals surface area contributed by atoms with Crippen molar-refractivity contribution in [1.29, 1.82) is 0 Å². The molecule has 13 heavy (non-hydrogen) atoms. The van der Waals surface area contributed by atoms with Gasteiger partial charge < -0.3 is 5.11 Å². The van der Waals surface area contributed by atoms with Crippen LogP contribution in [0.1, 0.15) is 24.3 Å². The molecule has 0 radical (unpaired) electrons. The van der Waals surface area contributed by atoms with E-state index >= 15 is 0 Å². The molecule has 3 heteroatoms. The predicted octanol–water partition coefficient (Wildman–Crippen LogP) is 2.83. The highest BCUT2D eigenvalue weighted by Crippen LogP contribution is 2.38. The Hall–Kier alpha value is -0.410. The fourth-order valence-corrected chi connectivity index (χ4v) is 2.05. The van der Waals surface area contributed by atoms with E-state index in [1.165, 1.54) is 6.07 Å². The van der Waals surface area contributed by atoms with E-state index in [1.807, 2.05) is 0 Å². The Morgan fingerprint density at radius 3 is 2.69 bits per heavy atom. The van der Waals surface area contributed by atoms with Gasteiger partial charge in [-0.25, -0.2) is 4.39 Å². The van der Waals surface area contributed by atoms with Crippen molar-refractivity contribution in [3.63, 3.8) is 0 Å². The first-order valence-electron chi connectivity index (χ1n) is 4.30. The number of aliphatic hydroxyl groups excluding tert-OH is 1. The second-order valence-electron chi connectivity index (χ2n) is 3.49. The second kappa shape index (κ2) is 3.39. The highest BCUT2D eigenvalue weighted by molar-refractivity contribution is 9.10. The minimum atomic E-state index is -0.233. The lowest BCUT2D eigenvalue weighted by Crippen LogP contribution is -2.27. The Bertz CT molecular complexity index is 321. The zero-order valence-electron chi connectivity index (χ0n) is 7.00. The van der Waals surface area contributed by atoms with Gasteiger partial charge in [-0.3, -0.25) is 0 Å². The minimum Gasteiger partial charge on any atom is -0.393 e. The summed E-state index contributed by atoms with van der Waals surface area (Å²) in [5.74, 6) is 0.0348. The molecule has 1 aliphatic carbocycles. The summed E-state index contributed by atoms with van der Waals surface area (Å²) in [5.41, 5.74) is 0.722. The van der Waals surface area contributed by atoms with E-state index in [0.29, 0.717) is 12.8 Å². The summed E-state index contributed by atoms with van der Waals surface area (Å²) < 4.78 is 14.2. The van der Waals surface area contributed by atoms with Crippen LogP contribution in [0.25, 0.3) is 0 Å². The maximum atomic E-state index is 13.3. The Morgan fingerprint density at radius 2 is 2.08 bits per heavy atom. The molecule has 0 aliphatic heterocycles. The van der Waals surface area contributed by atoms with Crippen molar-refractivity contribution in [3.05, 3.63) is 34.1 Å². The maximum Gasteiger partial charge on any atom is 0.126 e. The number of hydrogen-bond donors (Lipinski definition) is 1. The second-order valence-corrected chi connectivity index (χ2v) is 4.40. The normalized spacial score (nSPS) is 27.0. The zero-order chi connectivity index (χ0) is 9.42. The van der Waals surface area contributed by atoms with Gasteiger partial charge in [0.15, 0.2) is 0 Å². The van der Waals surface area contributed by atoms with Crippen molar-refractivity contribution in [2.45, 2.75) is 24.9 Å². The molecule has 0 spiro atoms. The number of halogens is 2. The van der Waals surface area contributed by atoms with Gasteiger partial charge in [-0.15, -0.1) is 0 Å². The van der Waals surface area contributed by atoms with Crippen molar-refractivity contribution >= 4 is 15.9 Å². The first-order valence-corrected chi connectivity index (χ1v) is 5.09. The third-order valence-corrected chi connectivity index (χ3v) is 3.00. The van der Waals surface area contributed by atoms with E-state index in [-0.39, 0.29) is 17.8 Å². The van der Waals surface area contributed by atoms with Gasteiger partial charge in [0.1, 0.15) is 5.82 Å². The van der Waals surface area contributed by atoms with Gasteiger partial charge in [0.25, 0.3) is 0 Å². The van der Waals surface area contributed by atoms with Crippen LogP contribution in [0.5, 0.6) is 0 Å². The van der Waals surface area contributed by atoms with Crippen LogP contribution < -0.4 is 0 Å². The lowest BCUT2D eigenvalue weighted by Gasteiger charge is -2.31. The lowest BCUT2D eigenvalue weighted by atomic mass is 9.77. The third-order valence-electron chi connectivity index (χ3n) is 2.51. The van der Waals surface area contributed by atoms with Crippen LogP contribution in [-0.2, 0) is 0 Å². The van der Waals surface area contributed by atoms with Crippen LogP contribution in [0.15, 0.2) is 22.7 Å². The number of rotatable bonds is 1. The van der Waals surface area contributed by atoms with Crippen LogP contribution in [0.3, 0.4) is 0 Å². The first kappa shape index (κ1) is 9.16. The van der Waals surface area contributed by atoms with E-state index in [0.717, 1.165) is 10.0 Å². The molecule has 1 N–H and O–H groups in total. The van der Waals surface area contributed by atoms with E-state index in [2.05, 4.69) is 15.9 Å². The van der Waals surface area contributed by atoms with Crippen LogP contribution in [-0.4, -0.2) is 11.2 Å². The summed E-state index contributed by atoms with van der Waals surface area (Å²) in [6.45, 7) is 0. The first-order chi connectivity index (χ1) is 6.16. The molecular formula is C10H10BrFO. The number of aliphatic hydroxyl groups is 1. The van der Waals surface area contributed by atoms with E-state index in [1.54, 1.807) is 12.1 Å². The van der Waals surface area contributed by atoms with Crippen LogP contribution in [0.2, 0.25) is 0 Å². The average molecular weight is 245 g/mol. The molecule has 0 amide bonds. The molecule has 1 aliphatic rings. The highest BCUT2D eigenvalue weighted by atomic mass is 79.9. The summed E-state index contributed by atoms with van der Waals surface area (Å²) in [7, 11) is 0. The SMILES string of the molecule is OC1CC(c2cc(Br)ccc2F)C1. The van der Waals surface area contributed by atoms with Gasteiger partial charge in [0, 0.05) is 4.47 Å². The summed E-state index contributed by atoms with van der Waals surface area (Å²) in [6, 6.07) is 4.95. The summed E-state index contributed by atoms with van der Waals surface area (Å²) >= 11 is 3.30. The molecule has 1 aromatic rings. The third kappa shape index (κ3) is 1.76. The van der Waals surface area contributed by atoms with Crippen molar-refractivity contribution < 1.29 is 9.50 Å². The van der Waals surface area contributed by atoms with Gasteiger partial charge in [0.05, 0.1) is 6.10 Å². The fourth-order valence-electron chi connectivity index (χ4n) is 1.67. The standard InChI is InChI=1S/C10H10BrFO/c11-7-1-2-10(12)9(5-7)6-3-8(13)4-6/h1-2,5-6,8,13H,3-4H2. The Balaban J connectivity index is 2.24. The van der Waals surface area contributed by atoms with E-state index < -0.39 is 0 Å². The largest absolute Gasteiger partial charge is 0.393 e. The smallest absolute Gasteiger partial charge is 0.126 e. The van der Waals surface area contributed by atoms with Gasteiger partial charge >= 0.3 is 0 Å². The van der Waals surface area contributed by atoms with Gasteiger partial charge in [-0.1, -0.05) is 15.9 Å². The Kier molecular flexibility index (Phi) is 2.39. The van der Waals surface area contributed by atoms with Crippen molar-refractivity contribution in [3.8, 4) is 0 Å². The molecule has 0 aromatic heterocycles. The van der Waals surface area contributed by atoms with Crippen LogP contribution in [0, 0.1) is 5.82 Å². The summed E-state index contributed by atoms with van der Waals surface area (Å²) in [6.07, 6.45) is 1.14. The van der Waals surface area contributed by atoms with E-state index in [4.69, 9.17) is 5.11 Å². The molecule has 2 rings (SSSR count).